The normalized spacial score (nSPS) is 18.3. The standard InChI is InChI=1S/C16H16N2O/c17-15-14-9-5-4-8-13(14)11-18(16(15)19)10-12-6-2-1-3-7-12/h1-9,15H,10-11,17H2/t15-/m0/s1. The number of hydrogen-bond donors (Lipinski definition) is 1. The molecule has 19 heavy (non-hydrogen) atoms. The first-order valence-electron chi connectivity index (χ1n) is 6.42. The highest BCUT2D eigenvalue weighted by molar-refractivity contribution is 5.85. The summed E-state index contributed by atoms with van der Waals surface area (Å²) >= 11 is 0. The summed E-state index contributed by atoms with van der Waals surface area (Å²) in [5.74, 6) is 0.00236. The Labute approximate surface area is 112 Å². The van der Waals surface area contributed by atoms with Crippen LogP contribution in [-0.4, -0.2) is 10.8 Å². The molecule has 3 heteroatoms. The molecule has 1 aliphatic rings. The molecular weight excluding hydrogens is 236 g/mol. The van der Waals surface area contributed by atoms with Gasteiger partial charge < -0.3 is 10.6 Å². The number of carbonyl (C=O) groups excluding carboxylic acids is 1. The Morgan fingerprint density at radius 3 is 2.53 bits per heavy atom. The zero-order valence-electron chi connectivity index (χ0n) is 10.6. The third-order valence-corrected chi connectivity index (χ3v) is 3.55. The molecule has 2 aromatic carbocycles. The maximum atomic E-state index is 12.3. The summed E-state index contributed by atoms with van der Waals surface area (Å²) in [7, 11) is 0. The Balaban J connectivity index is 1.87. The van der Waals surface area contributed by atoms with Crippen LogP contribution in [0.4, 0.5) is 0 Å². The van der Waals surface area contributed by atoms with Crippen LogP contribution < -0.4 is 5.73 Å². The molecule has 0 radical (unpaired) electrons. The van der Waals surface area contributed by atoms with Crippen LogP contribution >= 0.6 is 0 Å². The van der Waals surface area contributed by atoms with E-state index in [1.807, 2.05) is 59.5 Å². The van der Waals surface area contributed by atoms with Gasteiger partial charge in [0.25, 0.3) is 0 Å². The van der Waals surface area contributed by atoms with E-state index in [9.17, 15) is 4.79 Å². The smallest absolute Gasteiger partial charge is 0.244 e. The van der Waals surface area contributed by atoms with Gasteiger partial charge in [-0.3, -0.25) is 4.79 Å². The number of rotatable bonds is 2. The van der Waals surface area contributed by atoms with E-state index in [0.717, 1.165) is 16.7 Å². The second-order valence-corrected chi connectivity index (χ2v) is 4.86. The highest BCUT2D eigenvalue weighted by Gasteiger charge is 2.29. The summed E-state index contributed by atoms with van der Waals surface area (Å²) in [4.78, 5) is 14.1. The van der Waals surface area contributed by atoms with Gasteiger partial charge in [-0.05, 0) is 16.7 Å². The van der Waals surface area contributed by atoms with Crippen LogP contribution in [0.1, 0.15) is 22.7 Å². The highest BCUT2D eigenvalue weighted by Crippen LogP contribution is 2.26. The lowest BCUT2D eigenvalue weighted by Crippen LogP contribution is -2.42. The van der Waals surface area contributed by atoms with E-state index >= 15 is 0 Å². The van der Waals surface area contributed by atoms with E-state index in [-0.39, 0.29) is 5.91 Å². The van der Waals surface area contributed by atoms with Crippen LogP contribution in [0.2, 0.25) is 0 Å². The fourth-order valence-corrected chi connectivity index (χ4v) is 2.53. The molecule has 1 aliphatic heterocycles. The first-order chi connectivity index (χ1) is 9.25. The molecule has 0 fully saturated rings. The number of hydrogen-bond acceptors (Lipinski definition) is 2. The fourth-order valence-electron chi connectivity index (χ4n) is 2.53. The predicted molar refractivity (Wildman–Crippen MR) is 74.1 cm³/mol. The van der Waals surface area contributed by atoms with Gasteiger partial charge >= 0.3 is 0 Å². The molecule has 1 heterocycles. The van der Waals surface area contributed by atoms with E-state index < -0.39 is 6.04 Å². The van der Waals surface area contributed by atoms with Crippen LogP contribution in [0.3, 0.4) is 0 Å². The summed E-state index contributed by atoms with van der Waals surface area (Å²) in [5, 5.41) is 0. The molecule has 0 saturated heterocycles. The molecule has 0 aliphatic carbocycles. The van der Waals surface area contributed by atoms with E-state index in [4.69, 9.17) is 5.73 Å². The van der Waals surface area contributed by atoms with E-state index in [1.165, 1.54) is 0 Å². The van der Waals surface area contributed by atoms with Crippen LogP contribution in [0.15, 0.2) is 54.6 Å². The lowest BCUT2D eigenvalue weighted by Gasteiger charge is -2.32. The summed E-state index contributed by atoms with van der Waals surface area (Å²) in [5.41, 5.74) is 9.27. The summed E-state index contributed by atoms with van der Waals surface area (Å²) in [6.45, 7) is 1.25. The topological polar surface area (TPSA) is 46.3 Å². The maximum Gasteiger partial charge on any atom is 0.244 e. The van der Waals surface area contributed by atoms with Gasteiger partial charge in [-0.1, -0.05) is 54.6 Å². The Kier molecular flexibility index (Phi) is 3.05. The van der Waals surface area contributed by atoms with Crippen LogP contribution in [0.25, 0.3) is 0 Å². The molecule has 1 amide bonds. The number of nitrogens with two attached hydrogens (primary N) is 1. The van der Waals surface area contributed by atoms with Gasteiger partial charge in [-0.2, -0.15) is 0 Å². The molecule has 0 aromatic heterocycles. The Hall–Kier alpha value is -2.13. The molecule has 0 spiro atoms. The largest absolute Gasteiger partial charge is 0.332 e. The van der Waals surface area contributed by atoms with Gasteiger partial charge in [0.05, 0.1) is 0 Å². The van der Waals surface area contributed by atoms with Gasteiger partial charge in [-0.15, -0.1) is 0 Å². The van der Waals surface area contributed by atoms with Crippen molar-refractivity contribution >= 4 is 5.91 Å². The number of amides is 1. The molecule has 96 valence electrons. The van der Waals surface area contributed by atoms with Gasteiger partial charge in [0.15, 0.2) is 0 Å². The second kappa shape index (κ2) is 4.86. The second-order valence-electron chi connectivity index (χ2n) is 4.86. The fraction of sp³-hybridized carbons (Fsp3) is 0.188. The minimum absolute atomic E-state index is 0.00236. The summed E-state index contributed by atoms with van der Waals surface area (Å²) < 4.78 is 0. The lowest BCUT2D eigenvalue weighted by atomic mass is 9.95. The van der Waals surface area contributed by atoms with E-state index in [2.05, 4.69) is 0 Å². The minimum atomic E-state index is -0.534. The molecule has 1 atom stereocenters. The maximum absolute atomic E-state index is 12.3. The van der Waals surface area contributed by atoms with Crippen molar-refractivity contribution in [1.82, 2.24) is 4.90 Å². The van der Waals surface area contributed by atoms with Crippen molar-refractivity contribution in [3.63, 3.8) is 0 Å². The molecule has 0 bridgehead atoms. The van der Waals surface area contributed by atoms with Crippen LogP contribution in [0.5, 0.6) is 0 Å². The van der Waals surface area contributed by atoms with Crippen molar-refractivity contribution in [3.05, 3.63) is 71.3 Å². The third kappa shape index (κ3) is 2.25. The van der Waals surface area contributed by atoms with Gasteiger partial charge in [0, 0.05) is 13.1 Å². The van der Waals surface area contributed by atoms with Crippen molar-refractivity contribution in [2.75, 3.05) is 0 Å². The lowest BCUT2D eigenvalue weighted by molar-refractivity contribution is -0.135. The van der Waals surface area contributed by atoms with Crippen molar-refractivity contribution < 1.29 is 4.79 Å². The summed E-state index contributed by atoms with van der Waals surface area (Å²) in [6, 6.07) is 17.4. The van der Waals surface area contributed by atoms with Gasteiger partial charge in [-0.25, -0.2) is 0 Å². The highest BCUT2D eigenvalue weighted by atomic mass is 16.2. The number of benzene rings is 2. The van der Waals surface area contributed by atoms with Crippen molar-refractivity contribution in [1.29, 1.82) is 0 Å². The molecule has 2 aromatic rings. The first-order valence-corrected chi connectivity index (χ1v) is 6.42. The third-order valence-electron chi connectivity index (χ3n) is 3.55. The zero-order chi connectivity index (χ0) is 13.2. The molecule has 0 saturated carbocycles. The minimum Gasteiger partial charge on any atom is -0.332 e. The van der Waals surface area contributed by atoms with Crippen molar-refractivity contribution in [2.24, 2.45) is 5.73 Å². The quantitative estimate of drug-likeness (QED) is 0.891. The van der Waals surface area contributed by atoms with Crippen molar-refractivity contribution in [3.8, 4) is 0 Å². The van der Waals surface area contributed by atoms with E-state index in [1.54, 1.807) is 0 Å². The summed E-state index contributed by atoms with van der Waals surface area (Å²) in [6.07, 6.45) is 0. The Morgan fingerprint density at radius 1 is 1.05 bits per heavy atom. The molecule has 3 rings (SSSR count). The van der Waals surface area contributed by atoms with Crippen LogP contribution in [-0.2, 0) is 17.9 Å². The van der Waals surface area contributed by atoms with Crippen LogP contribution in [0, 0.1) is 0 Å². The Bertz CT molecular complexity index is 595. The van der Waals surface area contributed by atoms with Gasteiger partial charge in [0.2, 0.25) is 5.91 Å². The first kappa shape index (κ1) is 11.9. The van der Waals surface area contributed by atoms with Crippen molar-refractivity contribution in [2.45, 2.75) is 19.1 Å². The average molecular weight is 252 g/mol. The van der Waals surface area contributed by atoms with Gasteiger partial charge in [0.1, 0.15) is 6.04 Å². The monoisotopic (exact) mass is 252 g/mol. The number of nitrogens with zero attached hydrogens (tertiary/aromatic N) is 1. The Morgan fingerprint density at radius 2 is 1.74 bits per heavy atom. The molecule has 0 unspecified atom stereocenters. The number of carbonyl (C=O) groups is 1. The number of fused-ring (bicyclic) bond motifs is 1. The molecule has 2 N–H and O–H groups in total. The average Bonchev–Trinajstić information content (AvgIpc) is 2.46. The molecular formula is C16H16N2O. The SMILES string of the molecule is N[C@@H]1C(=O)N(Cc2ccccc2)Cc2ccccc21. The zero-order valence-corrected chi connectivity index (χ0v) is 10.6. The molecule has 3 nitrogen and oxygen atoms in total. The van der Waals surface area contributed by atoms with E-state index in [0.29, 0.717) is 13.1 Å². The predicted octanol–water partition coefficient (Wildman–Crippen LogP) is 2.23.